The maximum Gasteiger partial charge on any atom is 0.115 e. The van der Waals surface area contributed by atoms with E-state index in [2.05, 4.69) is 31.1 Å². The maximum absolute atomic E-state index is 3.67. The van der Waals surface area contributed by atoms with Crippen LogP contribution in [0.1, 0.15) is 0 Å². The van der Waals surface area contributed by atoms with Crippen LogP contribution in [0, 0.1) is 0 Å². The Kier molecular flexibility index (Phi) is 11.0. The van der Waals surface area contributed by atoms with Crippen molar-refractivity contribution in [1.82, 2.24) is 9.97 Å². The van der Waals surface area contributed by atoms with Crippen LogP contribution in [0.25, 0.3) is 0 Å². The second-order valence-corrected chi connectivity index (χ2v) is 2.40. The van der Waals surface area contributed by atoms with Gasteiger partial charge in [-0.15, -0.1) is 0 Å². The van der Waals surface area contributed by atoms with Gasteiger partial charge in [0.2, 0.25) is 0 Å². The minimum Gasteiger partial charge on any atom is -1.00 e. The van der Waals surface area contributed by atoms with Crippen molar-refractivity contribution in [2.45, 2.75) is 0 Å². The summed E-state index contributed by atoms with van der Waals surface area (Å²) in [5, 5.41) is 0. The highest BCUT2D eigenvalue weighted by atomic mass is 35.5. The SMILES string of the molecule is C[NH+](C)C.[Cl-].c1cncnc1. The molecule has 11 heavy (non-hydrogen) atoms. The van der Waals surface area contributed by atoms with E-state index in [1.54, 1.807) is 18.5 Å². The Morgan fingerprint density at radius 3 is 1.45 bits per heavy atom. The first-order valence-electron chi connectivity index (χ1n) is 3.20. The van der Waals surface area contributed by atoms with Gasteiger partial charge < -0.3 is 17.3 Å². The molecule has 64 valence electrons. The van der Waals surface area contributed by atoms with Crippen LogP contribution in [-0.4, -0.2) is 31.1 Å². The van der Waals surface area contributed by atoms with Crippen molar-refractivity contribution in [3.63, 3.8) is 0 Å². The van der Waals surface area contributed by atoms with Crippen molar-refractivity contribution in [3.05, 3.63) is 24.8 Å². The van der Waals surface area contributed by atoms with E-state index in [9.17, 15) is 0 Å². The number of nitrogens with one attached hydrogen (secondary N) is 1. The zero-order valence-electron chi connectivity index (χ0n) is 7.08. The monoisotopic (exact) mass is 175 g/mol. The third-order valence-electron chi connectivity index (χ3n) is 0.478. The minimum absolute atomic E-state index is 0. The summed E-state index contributed by atoms with van der Waals surface area (Å²) in [7, 11) is 6.25. The summed E-state index contributed by atoms with van der Waals surface area (Å²) in [4.78, 5) is 8.76. The van der Waals surface area contributed by atoms with E-state index in [0.29, 0.717) is 0 Å². The Morgan fingerprint density at radius 1 is 1.00 bits per heavy atom. The second-order valence-electron chi connectivity index (χ2n) is 2.40. The summed E-state index contributed by atoms with van der Waals surface area (Å²) in [5.41, 5.74) is 0. The Balaban J connectivity index is 0. The van der Waals surface area contributed by atoms with Gasteiger partial charge in [-0.2, -0.15) is 0 Å². The third kappa shape index (κ3) is 17.6. The number of hydrogen-bond donors (Lipinski definition) is 1. The number of rotatable bonds is 0. The van der Waals surface area contributed by atoms with E-state index in [4.69, 9.17) is 0 Å². The van der Waals surface area contributed by atoms with Gasteiger partial charge in [0.15, 0.2) is 0 Å². The lowest BCUT2D eigenvalue weighted by molar-refractivity contribution is -0.836. The van der Waals surface area contributed by atoms with Crippen LogP contribution in [0.15, 0.2) is 24.8 Å². The number of hydrogen-bond acceptors (Lipinski definition) is 2. The normalized spacial score (nSPS) is 7.64. The zero-order valence-corrected chi connectivity index (χ0v) is 7.84. The molecule has 0 radical (unpaired) electrons. The van der Waals surface area contributed by atoms with Crippen molar-refractivity contribution >= 4 is 0 Å². The largest absolute Gasteiger partial charge is 1.00 e. The highest BCUT2D eigenvalue weighted by molar-refractivity contribution is 4.74. The highest BCUT2D eigenvalue weighted by Gasteiger charge is 1.61. The molecule has 3 nitrogen and oxygen atoms in total. The molecular weight excluding hydrogens is 162 g/mol. The fourth-order valence-corrected chi connectivity index (χ4v) is 0.253. The van der Waals surface area contributed by atoms with Gasteiger partial charge in [-0.1, -0.05) is 0 Å². The summed E-state index contributed by atoms with van der Waals surface area (Å²) < 4.78 is 0. The van der Waals surface area contributed by atoms with Crippen LogP contribution >= 0.6 is 0 Å². The molecule has 1 aromatic heterocycles. The van der Waals surface area contributed by atoms with Crippen molar-refractivity contribution < 1.29 is 17.3 Å². The maximum atomic E-state index is 3.67. The summed E-state index contributed by atoms with van der Waals surface area (Å²) in [5.74, 6) is 0. The van der Waals surface area contributed by atoms with Gasteiger partial charge in [0, 0.05) is 12.4 Å². The smallest absolute Gasteiger partial charge is 0.115 e. The van der Waals surface area contributed by atoms with Crippen LogP contribution in [0.3, 0.4) is 0 Å². The van der Waals surface area contributed by atoms with Crippen molar-refractivity contribution in [2.75, 3.05) is 21.1 Å². The molecule has 0 aliphatic heterocycles. The topological polar surface area (TPSA) is 30.2 Å². The molecule has 0 saturated carbocycles. The molecule has 0 amide bonds. The van der Waals surface area contributed by atoms with Gasteiger partial charge >= 0.3 is 0 Å². The summed E-state index contributed by atoms with van der Waals surface area (Å²) >= 11 is 0. The molecule has 0 fully saturated rings. The van der Waals surface area contributed by atoms with Crippen molar-refractivity contribution in [3.8, 4) is 0 Å². The summed E-state index contributed by atoms with van der Waals surface area (Å²) in [6.45, 7) is 0. The van der Waals surface area contributed by atoms with Crippen LogP contribution in [0.2, 0.25) is 0 Å². The van der Waals surface area contributed by atoms with Crippen molar-refractivity contribution in [1.29, 1.82) is 0 Å². The quantitative estimate of drug-likeness (QED) is 0.439. The lowest BCUT2D eigenvalue weighted by Crippen LogP contribution is -3.02. The molecule has 1 rings (SSSR count). The van der Waals surface area contributed by atoms with Gasteiger partial charge in [0.1, 0.15) is 6.33 Å². The molecular formula is C7H14ClN3. The minimum atomic E-state index is 0. The number of aromatic nitrogens is 2. The van der Waals surface area contributed by atoms with Gasteiger partial charge in [0.25, 0.3) is 0 Å². The molecule has 0 bridgehead atoms. The predicted octanol–water partition coefficient (Wildman–Crippen LogP) is -3.76. The zero-order chi connectivity index (χ0) is 7.82. The molecule has 4 heteroatoms. The average molecular weight is 176 g/mol. The molecule has 0 atom stereocenters. The Labute approximate surface area is 73.9 Å². The van der Waals surface area contributed by atoms with Gasteiger partial charge in [-0.25, -0.2) is 9.97 Å². The van der Waals surface area contributed by atoms with Gasteiger partial charge in [-0.05, 0) is 6.07 Å². The fourth-order valence-electron chi connectivity index (χ4n) is 0.253. The first kappa shape index (κ1) is 13.0. The molecule has 1 aromatic rings. The first-order valence-corrected chi connectivity index (χ1v) is 3.20. The molecule has 0 saturated heterocycles. The standard InChI is InChI=1S/C4H4N2.C3H9N.ClH/c1-2-5-4-6-3-1;1-4(2)3;/h1-4H;1-3H3;1H. The first-order chi connectivity index (χ1) is 4.73. The number of nitrogens with zero attached hydrogens (tertiary/aromatic N) is 2. The average Bonchev–Trinajstić information content (AvgIpc) is 1.90. The summed E-state index contributed by atoms with van der Waals surface area (Å²) in [6.07, 6.45) is 4.88. The summed E-state index contributed by atoms with van der Waals surface area (Å²) in [6, 6.07) is 1.78. The molecule has 0 spiro atoms. The Bertz CT molecular complexity index is 114. The molecule has 1 N–H and O–H groups in total. The van der Waals surface area contributed by atoms with E-state index in [1.807, 2.05) is 0 Å². The van der Waals surface area contributed by atoms with E-state index in [0.717, 1.165) is 0 Å². The highest BCUT2D eigenvalue weighted by Crippen LogP contribution is 1.66. The third-order valence-corrected chi connectivity index (χ3v) is 0.478. The molecule has 0 aliphatic rings. The molecule has 0 unspecified atom stereocenters. The number of halogens is 1. The Morgan fingerprint density at radius 2 is 1.36 bits per heavy atom. The van der Waals surface area contributed by atoms with Crippen LogP contribution in [-0.2, 0) is 0 Å². The molecule has 1 heterocycles. The Hall–Kier alpha value is -0.670. The lowest BCUT2D eigenvalue weighted by atomic mass is 10.7. The fraction of sp³-hybridized carbons (Fsp3) is 0.429. The van der Waals surface area contributed by atoms with E-state index < -0.39 is 0 Å². The van der Waals surface area contributed by atoms with Gasteiger partial charge in [-0.3, -0.25) is 0 Å². The lowest BCUT2D eigenvalue weighted by Gasteiger charge is -1.88. The van der Waals surface area contributed by atoms with Crippen molar-refractivity contribution in [2.24, 2.45) is 0 Å². The van der Waals surface area contributed by atoms with Crippen LogP contribution in [0.5, 0.6) is 0 Å². The molecule has 0 aromatic carbocycles. The van der Waals surface area contributed by atoms with E-state index in [-0.39, 0.29) is 12.4 Å². The van der Waals surface area contributed by atoms with Crippen LogP contribution < -0.4 is 17.3 Å². The van der Waals surface area contributed by atoms with Crippen LogP contribution in [0.4, 0.5) is 0 Å². The van der Waals surface area contributed by atoms with E-state index in [1.165, 1.54) is 11.2 Å². The predicted molar refractivity (Wildman–Crippen MR) is 40.8 cm³/mol. The molecule has 0 aliphatic carbocycles. The van der Waals surface area contributed by atoms with Gasteiger partial charge in [0.05, 0.1) is 21.1 Å². The number of quaternary nitrogens is 1. The second kappa shape index (κ2) is 9.33. The van der Waals surface area contributed by atoms with E-state index >= 15 is 0 Å².